The monoisotopic (exact) mass is 500 g/mol. The summed E-state index contributed by atoms with van der Waals surface area (Å²) in [6, 6.07) is 17.2. The molecule has 7 nitrogen and oxygen atoms in total. The Morgan fingerprint density at radius 3 is 1.76 bits per heavy atom. The zero-order valence-corrected chi connectivity index (χ0v) is 22.2. The van der Waals surface area contributed by atoms with Crippen LogP contribution >= 0.6 is 0 Å². The maximum absolute atomic E-state index is 6.07. The van der Waals surface area contributed by atoms with E-state index in [1.807, 2.05) is 12.4 Å². The average molecular weight is 501 g/mol. The maximum atomic E-state index is 6.07. The predicted octanol–water partition coefficient (Wildman–Crippen LogP) is 5.58. The van der Waals surface area contributed by atoms with Crippen LogP contribution in [-0.4, -0.2) is 49.4 Å². The van der Waals surface area contributed by atoms with Crippen molar-refractivity contribution in [1.82, 2.24) is 29.7 Å². The Morgan fingerprint density at radius 1 is 0.649 bits per heavy atom. The number of nitrogens with one attached hydrogen (secondary N) is 2. The van der Waals surface area contributed by atoms with Crippen LogP contribution in [0.5, 0.6) is 5.75 Å². The first-order valence-electron chi connectivity index (χ1n) is 13.4. The Balaban J connectivity index is 1.26. The topological polar surface area (TPSA) is 73.1 Å². The second-order valence-electron chi connectivity index (χ2n) is 9.56. The summed E-state index contributed by atoms with van der Waals surface area (Å²) < 4.78 is 6.07. The van der Waals surface area contributed by atoms with Gasteiger partial charge in [0.05, 0.1) is 13.1 Å². The van der Waals surface area contributed by atoms with Crippen molar-refractivity contribution < 1.29 is 4.74 Å². The van der Waals surface area contributed by atoms with Crippen molar-refractivity contribution in [3.63, 3.8) is 0 Å². The minimum Gasteiger partial charge on any atom is -0.489 e. The van der Waals surface area contributed by atoms with Gasteiger partial charge in [-0.3, -0.25) is 4.90 Å². The summed E-state index contributed by atoms with van der Waals surface area (Å²) in [5.41, 5.74) is 3.76. The summed E-state index contributed by atoms with van der Waals surface area (Å²) in [6.45, 7) is 10.8. The van der Waals surface area contributed by atoms with Crippen molar-refractivity contribution in [3.05, 3.63) is 102 Å². The van der Waals surface area contributed by atoms with Crippen LogP contribution in [0.15, 0.2) is 73.3 Å². The van der Waals surface area contributed by atoms with Gasteiger partial charge in [0, 0.05) is 37.9 Å². The van der Waals surface area contributed by atoms with Crippen LogP contribution in [0.25, 0.3) is 0 Å². The highest BCUT2D eigenvalue weighted by atomic mass is 16.5. The van der Waals surface area contributed by atoms with Crippen molar-refractivity contribution in [2.24, 2.45) is 0 Å². The Kier molecular flexibility index (Phi) is 10.3. The van der Waals surface area contributed by atoms with E-state index in [0.29, 0.717) is 6.61 Å². The number of aromatic nitrogens is 4. The Bertz CT molecular complexity index is 1080. The number of H-pyrrole nitrogens is 2. The minimum absolute atomic E-state index is 0.558. The van der Waals surface area contributed by atoms with Crippen molar-refractivity contribution >= 4 is 0 Å². The van der Waals surface area contributed by atoms with E-state index < -0.39 is 0 Å². The van der Waals surface area contributed by atoms with Crippen LogP contribution in [0.2, 0.25) is 0 Å². The van der Waals surface area contributed by atoms with E-state index in [-0.39, 0.29) is 0 Å². The zero-order chi connectivity index (χ0) is 25.7. The highest BCUT2D eigenvalue weighted by molar-refractivity contribution is 5.28. The largest absolute Gasteiger partial charge is 0.489 e. The lowest BCUT2D eigenvalue weighted by atomic mass is 10.1. The van der Waals surface area contributed by atoms with Crippen molar-refractivity contribution in [2.75, 3.05) is 19.6 Å². The summed E-state index contributed by atoms with van der Waals surface area (Å²) in [4.78, 5) is 20.0. The molecule has 0 saturated heterocycles. The van der Waals surface area contributed by atoms with E-state index in [1.54, 1.807) is 12.4 Å². The maximum Gasteiger partial charge on any atom is 0.120 e. The van der Waals surface area contributed by atoms with Gasteiger partial charge in [-0.05, 0) is 61.2 Å². The van der Waals surface area contributed by atoms with E-state index in [4.69, 9.17) is 4.74 Å². The summed E-state index contributed by atoms with van der Waals surface area (Å²) in [5, 5.41) is 0. The van der Waals surface area contributed by atoms with Gasteiger partial charge < -0.3 is 19.6 Å². The van der Waals surface area contributed by atoms with Gasteiger partial charge in [0.25, 0.3) is 0 Å². The first-order chi connectivity index (χ1) is 18.2. The molecule has 2 heterocycles. The number of benzene rings is 2. The van der Waals surface area contributed by atoms with Gasteiger partial charge in [-0.1, -0.05) is 50.2 Å². The molecule has 0 radical (unpaired) electrons. The smallest absolute Gasteiger partial charge is 0.120 e. The molecule has 0 saturated carbocycles. The van der Waals surface area contributed by atoms with Crippen LogP contribution in [0.4, 0.5) is 0 Å². The molecule has 0 bridgehead atoms. The molecule has 0 amide bonds. The molecule has 4 rings (SSSR count). The van der Waals surface area contributed by atoms with E-state index in [0.717, 1.165) is 55.6 Å². The molecule has 2 N–H and O–H groups in total. The lowest BCUT2D eigenvalue weighted by Crippen LogP contribution is -2.27. The average Bonchev–Trinajstić information content (AvgIpc) is 3.62. The van der Waals surface area contributed by atoms with Crippen LogP contribution in [0.3, 0.4) is 0 Å². The number of hydrogen-bond donors (Lipinski definition) is 2. The van der Waals surface area contributed by atoms with Gasteiger partial charge >= 0.3 is 0 Å². The van der Waals surface area contributed by atoms with Crippen LogP contribution in [0.1, 0.15) is 55.0 Å². The van der Waals surface area contributed by atoms with Gasteiger partial charge in [0.15, 0.2) is 0 Å². The van der Waals surface area contributed by atoms with E-state index in [9.17, 15) is 0 Å². The molecule has 2 aromatic heterocycles. The molecule has 0 atom stereocenters. The van der Waals surface area contributed by atoms with Crippen molar-refractivity contribution in [2.45, 2.75) is 59.4 Å². The lowest BCUT2D eigenvalue weighted by Gasteiger charge is -2.21. The number of nitrogens with zero attached hydrogens (tertiary/aromatic N) is 4. The van der Waals surface area contributed by atoms with Crippen molar-refractivity contribution in [3.8, 4) is 5.75 Å². The normalized spacial score (nSPS) is 11.5. The molecule has 37 heavy (non-hydrogen) atoms. The lowest BCUT2D eigenvalue weighted by molar-refractivity contribution is 0.236. The second kappa shape index (κ2) is 14.4. The summed E-state index contributed by atoms with van der Waals surface area (Å²) in [6.07, 6.45) is 10.8. The number of hydrogen-bond acceptors (Lipinski definition) is 5. The van der Waals surface area contributed by atoms with Gasteiger partial charge in [-0.25, -0.2) is 9.97 Å². The van der Waals surface area contributed by atoms with E-state index in [2.05, 4.69) is 92.1 Å². The molecular formula is C30H40N6O. The van der Waals surface area contributed by atoms with Crippen molar-refractivity contribution in [1.29, 1.82) is 0 Å². The van der Waals surface area contributed by atoms with E-state index in [1.165, 1.54) is 37.1 Å². The second-order valence-corrected chi connectivity index (χ2v) is 9.56. The first kappa shape index (κ1) is 26.6. The predicted molar refractivity (Wildman–Crippen MR) is 148 cm³/mol. The Hall–Kier alpha value is -3.42. The third-order valence-electron chi connectivity index (χ3n) is 6.41. The minimum atomic E-state index is 0.558. The molecule has 0 aliphatic heterocycles. The summed E-state index contributed by atoms with van der Waals surface area (Å²) in [7, 11) is 0. The molecule has 196 valence electrons. The summed E-state index contributed by atoms with van der Waals surface area (Å²) in [5.74, 6) is 2.80. The molecule has 0 fully saturated rings. The molecular weight excluding hydrogens is 460 g/mol. The third-order valence-corrected chi connectivity index (χ3v) is 6.41. The van der Waals surface area contributed by atoms with Gasteiger partial charge in [-0.2, -0.15) is 0 Å². The molecule has 4 aromatic rings. The van der Waals surface area contributed by atoms with Crippen LogP contribution in [-0.2, 0) is 32.7 Å². The van der Waals surface area contributed by atoms with Gasteiger partial charge in [0.2, 0.25) is 0 Å². The van der Waals surface area contributed by atoms with Crippen LogP contribution in [0, 0.1) is 0 Å². The highest BCUT2D eigenvalue weighted by Gasteiger charge is 2.11. The number of rotatable bonds is 16. The molecule has 0 spiro atoms. The number of aromatic amines is 2. The Morgan fingerprint density at radius 2 is 1.22 bits per heavy atom. The molecule has 0 aliphatic rings. The number of ether oxygens (including phenoxy) is 1. The molecule has 2 aromatic carbocycles. The Labute approximate surface area is 220 Å². The number of imidazole rings is 2. The zero-order valence-electron chi connectivity index (χ0n) is 22.2. The first-order valence-corrected chi connectivity index (χ1v) is 13.4. The fourth-order valence-electron chi connectivity index (χ4n) is 4.53. The third kappa shape index (κ3) is 8.88. The van der Waals surface area contributed by atoms with Gasteiger partial charge in [-0.15, -0.1) is 0 Å². The SMILES string of the molecule is CCCN(CCC)CCc1ccc(OCc2ccc(CN(Cc3ncc[nH]3)Cc3ncc[nH]3)cc2)cc1. The van der Waals surface area contributed by atoms with Gasteiger partial charge in [0.1, 0.15) is 24.0 Å². The molecule has 0 aliphatic carbocycles. The fourth-order valence-corrected chi connectivity index (χ4v) is 4.53. The molecule has 0 unspecified atom stereocenters. The van der Waals surface area contributed by atoms with E-state index >= 15 is 0 Å². The summed E-state index contributed by atoms with van der Waals surface area (Å²) >= 11 is 0. The van der Waals surface area contributed by atoms with Crippen LogP contribution < -0.4 is 4.74 Å². The fraction of sp³-hybridized carbons (Fsp3) is 0.400. The molecule has 7 heteroatoms. The highest BCUT2D eigenvalue weighted by Crippen LogP contribution is 2.17. The quantitative estimate of drug-likeness (QED) is 0.210. The standard InChI is InChI=1S/C30H40N6O/c1-3-18-35(19-4-2)20-13-25-9-11-28(12-10-25)37-24-27-7-5-26(6-8-27)21-36(22-29-31-14-15-32-29)23-30-33-16-17-34-30/h5-12,14-17H,3-4,13,18-24H2,1-2H3,(H,31,32)(H,33,34).